The summed E-state index contributed by atoms with van der Waals surface area (Å²) in [5.74, 6) is -0.359. The molecule has 0 aliphatic heterocycles. The third-order valence-electron chi connectivity index (χ3n) is 4.79. The van der Waals surface area contributed by atoms with Crippen LogP contribution in [0.25, 0.3) is 22.4 Å². The molecule has 3 heterocycles. The van der Waals surface area contributed by atoms with E-state index in [2.05, 4.69) is 15.3 Å². The summed E-state index contributed by atoms with van der Waals surface area (Å²) in [4.78, 5) is 20.8. The molecule has 0 saturated carbocycles. The Bertz CT molecular complexity index is 1300. The minimum absolute atomic E-state index is 0.0574. The average Bonchev–Trinajstić information content (AvgIpc) is 3.26. The van der Waals surface area contributed by atoms with E-state index in [-0.39, 0.29) is 10.7 Å². The van der Waals surface area contributed by atoms with Crippen LogP contribution < -0.4 is 10.1 Å². The van der Waals surface area contributed by atoms with Crippen molar-refractivity contribution in [3.05, 3.63) is 82.2 Å². The highest BCUT2D eigenvalue weighted by Gasteiger charge is 2.18. The first kappa shape index (κ1) is 22.8. The van der Waals surface area contributed by atoms with E-state index in [1.54, 1.807) is 49.4 Å². The fourth-order valence-corrected chi connectivity index (χ4v) is 3.86. The van der Waals surface area contributed by atoms with Crippen molar-refractivity contribution in [2.75, 3.05) is 11.9 Å². The number of benzene rings is 1. The minimum Gasteiger partial charge on any atom is -0.492 e. The van der Waals surface area contributed by atoms with Crippen molar-refractivity contribution >= 4 is 35.0 Å². The summed E-state index contributed by atoms with van der Waals surface area (Å²) in [6, 6.07) is 11.4. The van der Waals surface area contributed by atoms with Crippen LogP contribution in [0, 0.1) is 12.9 Å². The van der Waals surface area contributed by atoms with Crippen molar-refractivity contribution in [3.8, 4) is 28.1 Å². The van der Waals surface area contributed by atoms with Gasteiger partial charge in [-0.15, -0.1) is 0 Å². The molecular weight excluding hydrogens is 468 g/mol. The number of hydrogen-bond acceptors (Lipinski definition) is 5. The van der Waals surface area contributed by atoms with E-state index in [0.29, 0.717) is 51.2 Å². The summed E-state index contributed by atoms with van der Waals surface area (Å²) < 4.78 is 25.6. The van der Waals surface area contributed by atoms with Gasteiger partial charge in [0.05, 0.1) is 30.3 Å². The number of aromatic nitrogens is 2. The van der Waals surface area contributed by atoms with Crippen LogP contribution in [-0.2, 0) is 0 Å². The molecule has 0 radical (unpaired) electrons. The van der Waals surface area contributed by atoms with Crippen molar-refractivity contribution in [2.45, 2.75) is 13.8 Å². The van der Waals surface area contributed by atoms with Crippen LogP contribution in [0.5, 0.6) is 5.75 Å². The van der Waals surface area contributed by atoms with Gasteiger partial charge in [0, 0.05) is 22.2 Å². The molecule has 1 amide bonds. The van der Waals surface area contributed by atoms with Gasteiger partial charge < -0.3 is 9.15 Å². The maximum Gasteiger partial charge on any atom is 0.258 e. The third kappa shape index (κ3) is 4.99. The second-order valence-corrected chi connectivity index (χ2v) is 7.91. The number of carbonyl (C=O) groups excluding carboxylic acids is 1. The summed E-state index contributed by atoms with van der Waals surface area (Å²) >= 11 is 12.2. The highest BCUT2D eigenvalue weighted by molar-refractivity contribution is 6.31. The molecule has 0 aliphatic carbocycles. The molecule has 6 nitrogen and oxygen atoms in total. The smallest absolute Gasteiger partial charge is 0.258 e. The lowest BCUT2D eigenvalue weighted by atomic mass is 9.99. The SMILES string of the molecule is CCOc1cnc(-c2c(C)cc(Cl)nc2F)cc1-c1cc(Cl)cc(C(=O)Nc2ccco2)c1. The monoisotopic (exact) mass is 485 g/mol. The van der Waals surface area contributed by atoms with Crippen LogP contribution in [0.3, 0.4) is 0 Å². The van der Waals surface area contributed by atoms with E-state index in [1.165, 1.54) is 12.5 Å². The lowest BCUT2D eigenvalue weighted by Crippen LogP contribution is -2.11. The summed E-state index contributed by atoms with van der Waals surface area (Å²) in [5.41, 5.74) is 2.64. The number of furan rings is 1. The summed E-state index contributed by atoms with van der Waals surface area (Å²) in [6.45, 7) is 3.95. The van der Waals surface area contributed by atoms with Crippen molar-refractivity contribution < 1.29 is 18.3 Å². The molecule has 0 fully saturated rings. The molecule has 0 aliphatic rings. The molecule has 33 heavy (non-hydrogen) atoms. The van der Waals surface area contributed by atoms with E-state index in [4.69, 9.17) is 32.4 Å². The van der Waals surface area contributed by atoms with Crippen molar-refractivity contribution in [1.29, 1.82) is 0 Å². The molecular formula is C24H18Cl2FN3O3. The maximum absolute atomic E-state index is 14.6. The number of amides is 1. The molecule has 1 aromatic carbocycles. The molecule has 0 saturated heterocycles. The van der Waals surface area contributed by atoms with Crippen LogP contribution in [-0.4, -0.2) is 22.5 Å². The van der Waals surface area contributed by atoms with Gasteiger partial charge in [0.1, 0.15) is 10.9 Å². The highest BCUT2D eigenvalue weighted by atomic mass is 35.5. The molecule has 1 N–H and O–H groups in total. The number of anilines is 1. The van der Waals surface area contributed by atoms with E-state index < -0.39 is 11.9 Å². The van der Waals surface area contributed by atoms with Gasteiger partial charge in [-0.1, -0.05) is 23.2 Å². The number of carbonyl (C=O) groups is 1. The van der Waals surface area contributed by atoms with Gasteiger partial charge >= 0.3 is 0 Å². The zero-order chi connectivity index (χ0) is 23.5. The van der Waals surface area contributed by atoms with E-state index in [0.717, 1.165) is 0 Å². The number of aryl methyl sites for hydroxylation is 1. The molecule has 3 aromatic heterocycles. The molecule has 0 atom stereocenters. The second-order valence-electron chi connectivity index (χ2n) is 7.09. The maximum atomic E-state index is 14.6. The number of hydrogen-bond donors (Lipinski definition) is 1. The summed E-state index contributed by atoms with van der Waals surface area (Å²) in [5, 5.41) is 3.06. The normalized spacial score (nSPS) is 10.8. The Morgan fingerprint density at radius 2 is 2.03 bits per heavy atom. The number of halogens is 3. The third-order valence-corrected chi connectivity index (χ3v) is 5.21. The molecule has 0 bridgehead atoms. The van der Waals surface area contributed by atoms with Crippen LogP contribution in [0.15, 0.2) is 59.3 Å². The van der Waals surface area contributed by atoms with Crippen LogP contribution >= 0.6 is 23.2 Å². The Hall–Kier alpha value is -3.42. The zero-order valence-corrected chi connectivity index (χ0v) is 19.2. The minimum atomic E-state index is -0.729. The largest absolute Gasteiger partial charge is 0.492 e. The first-order valence-corrected chi connectivity index (χ1v) is 10.7. The van der Waals surface area contributed by atoms with Crippen molar-refractivity contribution in [2.24, 2.45) is 0 Å². The van der Waals surface area contributed by atoms with Gasteiger partial charge in [-0.2, -0.15) is 4.39 Å². The predicted molar refractivity (Wildman–Crippen MR) is 125 cm³/mol. The highest BCUT2D eigenvalue weighted by Crippen LogP contribution is 2.36. The van der Waals surface area contributed by atoms with E-state index >= 15 is 0 Å². The molecule has 4 aromatic rings. The molecule has 9 heteroatoms. The van der Waals surface area contributed by atoms with Gasteiger partial charge in [-0.05, 0) is 61.4 Å². The van der Waals surface area contributed by atoms with Gasteiger partial charge in [0.15, 0.2) is 5.88 Å². The Labute approximate surface area is 199 Å². The number of nitrogens with one attached hydrogen (secondary N) is 1. The molecule has 0 spiro atoms. The number of nitrogens with zero attached hydrogens (tertiary/aromatic N) is 2. The number of rotatable bonds is 6. The summed E-state index contributed by atoms with van der Waals surface area (Å²) in [6.07, 6.45) is 2.96. The van der Waals surface area contributed by atoms with Crippen LogP contribution in [0.1, 0.15) is 22.8 Å². The fraction of sp³-hybridized carbons (Fsp3) is 0.125. The first-order chi connectivity index (χ1) is 15.9. The fourth-order valence-electron chi connectivity index (χ4n) is 3.39. The molecule has 168 valence electrons. The standard InChI is InChI=1S/C24H18Cl2FN3O3/c1-3-32-19-12-28-18(22-13(2)7-20(26)29-23(22)27)11-17(19)14-8-15(10-16(25)9-14)24(31)30-21-5-4-6-33-21/h4-12H,3H2,1-2H3,(H,30,31). The number of ether oxygens (including phenoxy) is 1. The van der Waals surface area contributed by atoms with Gasteiger partial charge in [-0.3, -0.25) is 15.1 Å². The van der Waals surface area contributed by atoms with Crippen LogP contribution in [0.2, 0.25) is 10.2 Å². The Balaban J connectivity index is 1.81. The quantitative estimate of drug-likeness (QED) is 0.303. The van der Waals surface area contributed by atoms with Gasteiger partial charge in [0.25, 0.3) is 5.91 Å². The van der Waals surface area contributed by atoms with E-state index in [9.17, 15) is 9.18 Å². The molecule has 0 unspecified atom stereocenters. The van der Waals surface area contributed by atoms with Gasteiger partial charge in [-0.25, -0.2) is 4.98 Å². The zero-order valence-electron chi connectivity index (χ0n) is 17.7. The molecule has 4 rings (SSSR count). The Morgan fingerprint density at radius 1 is 1.21 bits per heavy atom. The Kier molecular flexibility index (Phi) is 6.62. The first-order valence-electron chi connectivity index (χ1n) is 9.97. The topological polar surface area (TPSA) is 77.2 Å². The van der Waals surface area contributed by atoms with Crippen molar-refractivity contribution in [1.82, 2.24) is 9.97 Å². The predicted octanol–water partition coefficient (Wildman–Crippen LogP) is 6.81. The lowest BCUT2D eigenvalue weighted by molar-refractivity contribution is 0.102. The Morgan fingerprint density at radius 3 is 2.73 bits per heavy atom. The van der Waals surface area contributed by atoms with E-state index in [1.807, 2.05) is 6.92 Å². The van der Waals surface area contributed by atoms with Gasteiger partial charge in [0.2, 0.25) is 5.95 Å². The van der Waals surface area contributed by atoms with Crippen molar-refractivity contribution in [3.63, 3.8) is 0 Å². The second kappa shape index (κ2) is 9.60. The average molecular weight is 486 g/mol. The lowest BCUT2D eigenvalue weighted by Gasteiger charge is -2.14. The van der Waals surface area contributed by atoms with Crippen LogP contribution in [0.4, 0.5) is 10.3 Å². The summed E-state index contributed by atoms with van der Waals surface area (Å²) in [7, 11) is 0. The number of pyridine rings is 2.